The molecule has 0 spiro atoms. The van der Waals surface area contributed by atoms with Crippen molar-refractivity contribution in [2.75, 3.05) is 33.4 Å². The third kappa shape index (κ3) is 4.09. The summed E-state index contributed by atoms with van der Waals surface area (Å²) in [6, 6.07) is 10.9. The molecule has 18 heavy (non-hydrogen) atoms. The first kappa shape index (κ1) is 13.5. The lowest BCUT2D eigenvalue weighted by molar-refractivity contribution is 0.0561. The predicted octanol–water partition coefficient (Wildman–Crippen LogP) is 2.31. The summed E-state index contributed by atoms with van der Waals surface area (Å²) in [5, 5.41) is 0. The lowest BCUT2D eigenvalue weighted by Gasteiger charge is -2.23. The Morgan fingerprint density at radius 3 is 2.89 bits per heavy atom. The molecule has 3 nitrogen and oxygen atoms in total. The molecule has 0 saturated carbocycles. The molecule has 1 aromatic carbocycles. The fourth-order valence-electron chi connectivity index (χ4n) is 2.47. The number of ether oxygens (including phenoxy) is 2. The van der Waals surface area contributed by atoms with Crippen molar-refractivity contribution in [3.63, 3.8) is 0 Å². The molecule has 0 radical (unpaired) electrons. The molecule has 0 amide bonds. The van der Waals surface area contributed by atoms with Crippen molar-refractivity contribution in [2.24, 2.45) is 0 Å². The van der Waals surface area contributed by atoms with Gasteiger partial charge in [0.1, 0.15) is 0 Å². The summed E-state index contributed by atoms with van der Waals surface area (Å²) in [6.45, 7) is 4.57. The molecule has 2 rings (SSSR count). The molecule has 3 heteroatoms. The summed E-state index contributed by atoms with van der Waals surface area (Å²) < 4.78 is 11.0. The van der Waals surface area contributed by atoms with E-state index in [4.69, 9.17) is 9.47 Å². The van der Waals surface area contributed by atoms with Crippen LogP contribution in [0.3, 0.4) is 0 Å². The standard InChI is InChI=1S/C15H23NO2/c1-17-11-10-16-9-5-8-15(16)13-18-12-14-6-3-2-4-7-14/h2-4,6-7,15H,5,8-13H2,1H3. The van der Waals surface area contributed by atoms with Crippen molar-refractivity contribution >= 4 is 0 Å². The van der Waals surface area contributed by atoms with E-state index in [1.807, 2.05) is 6.07 Å². The highest BCUT2D eigenvalue weighted by Gasteiger charge is 2.23. The first-order chi connectivity index (χ1) is 8.90. The molecule has 1 unspecified atom stereocenters. The van der Waals surface area contributed by atoms with Crippen molar-refractivity contribution in [3.8, 4) is 0 Å². The van der Waals surface area contributed by atoms with Crippen LogP contribution < -0.4 is 0 Å². The number of likely N-dealkylation sites (tertiary alicyclic amines) is 1. The molecule has 1 aliphatic heterocycles. The van der Waals surface area contributed by atoms with Crippen LogP contribution in [0.25, 0.3) is 0 Å². The molecule has 0 bridgehead atoms. The third-order valence-corrected chi connectivity index (χ3v) is 3.50. The second kappa shape index (κ2) is 7.52. The van der Waals surface area contributed by atoms with Gasteiger partial charge in [0, 0.05) is 19.7 Å². The summed E-state index contributed by atoms with van der Waals surface area (Å²) in [6.07, 6.45) is 2.53. The second-order valence-corrected chi connectivity index (χ2v) is 4.83. The van der Waals surface area contributed by atoms with Crippen molar-refractivity contribution < 1.29 is 9.47 Å². The summed E-state index contributed by atoms with van der Waals surface area (Å²) in [4.78, 5) is 2.48. The lowest BCUT2D eigenvalue weighted by atomic mass is 10.2. The van der Waals surface area contributed by atoms with Gasteiger partial charge in [0.05, 0.1) is 19.8 Å². The molecule has 1 aromatic rings. The highest BCUT2D eigenvalue weighted by molar-refractivity contribution is 5.13. The Hall–Kier alpha value is -0.900. The molecular formula is C15H23NO2. The van der Waals surface area contributed by atoms with Gasteiger partial charge in [-0.05, 0) is 24.9 Å². The Kier molecular flexibility index (Phi) is 5.65. The van der Waals surface area contributed by atoms with Gasteiger partial charge in [-0.25, -0.2) is 0 Å². The van der Waals surface area contributed by atoms with Gasteiger partial charge in [0.15, 0.2) is 0 Å². The van der Waals surface area contributed by atoms with E-state index in [0.29, 0.717) is 6.04 Å². The maximum absolute atomic E-state index is 5.83. The first-order valence-electron chi connectivity index (χ1n) is 6.75. The minimum atomic E-state index is 0.573. The van der Waals surface area contributed by atoms with Crippen molar-refractivity contribution in [1.29, 1.82) is 0 Å². The van der Waals surface area contributed by atoms with E-state index in [9.17, 15) is 0 Å². The molecule has 1 aliphatic rings. The Morgan fingerprint density at radius 2 is 2.11 bits per heavy atom. The van der Waals surface area contributed by atoms with E-state index in [0.717, 1.165) is 26.4 Å². The molecule has 1 saturated heterocycles. The van der Waals surface area contributed by atoms with Crippen LogP contribution in [0.15, 0.2) is 30.3 Å². The Labute approximate surface area is 110 Å². The largest absolute Gasteiger partial charge is 0.383 e. The highest BCUT2D eigenvalue weighted by atomic mass is 16.5. The SMILES string of the molecule is COCCN1CCCC1COCc1ccccc1. The Balaban J connectivity index is 1.69. The lowest BCUT2D eigenvalue weighted by Crippen LogP contribution is -2.35. The van der Waals surface area contributed by atoms with Crippen molar-refractivity contribution in [3.05, 3.63) is 35.9 Å². The average Bonchev–Trinajstić information content (AvgIpc) is 2.85. The zero-order valence-corrected chi connectivity index (χ0v) is 11.2. The minimum absolute atomic E-state index is 0.573. The van der Waals surface area contributed by atoms with E-state index in [1.165, 1.54) is 24.9 Å². The minimum Gasteiger partial charge on any atom is -0.383 e. The van der Waals surface area contributed by atoms with Gasteiger partial charge in [-0.3, -0.25) is 4.90 Å². The maximum atomic E-state index is 5.83. The first-order valence-corrected chi connectivity index (χ1v) is 6.75. The molecule has 0 aliphatic carbocycles. The van der Waals surface area contributed by atoms with Gasteiger partial charge in [-0.1, -0.05) is 30.3 Å². The van der Waals surface area contributed by atoms with Crippen LogP contribution in [-0.4, -0.2) is 44.4 Å². The van der Waals surface area contributed by atoms with E-state index < -0.39 is 0 Å². The van der Waals surface area contributed by atoms with Crippen LogP contribution in [-0.2, 0) is 16.1 Å². The summed E-state index contributed by atoms with van der Waals surface area (Å²) in [7, 11) is 1.76. The third-order valence-electron chi connectivity index (χ3n) is 3.50. The zero-order chi connectivity index (χ0) is 12.6. The van der Waals surface area contributed by atoms with Gasteiger partial charge in [0.25, 0.3) is 0 Å². The fourth-order valence-corrected chi connectivity index (χ4v) is 2.47. The van der Waals surface area contributed by atoms with Crippen molar-refractivity contribution in [2.45, 2.75) is 25.5 Å². The Bertz CT molecular complexity index is 329. The summed E-state index contributed by atoms with van der Waals surface area (Å²) in [5.74, 6) is 0. The number of hydrogen-bond acceptors (Lipinski definition) is 3. The zero-order valence-electron chi connectivity index (χ0n) is 11.2. The van der Waals surface area contributed by atoms with Gasteiger partial charge in [-0.2, -0.15) is 0 Å². The van der Waals surface area contributed by atoms with Gasteiger partial charge in [-0.15, -0.1) is 0 Å². The molecule has 1 heterocycles. The summed E-state index contributed by atoms with van der Waals surface area (Å²) >= 11 is 0. The smallest absolute Gasteiger partial charge is 0.0717 e. The molecule has 0 N–H and O–H groups in total. The maximum Gasteiger partial charge on any atom is 0.0717 e. The molecule has 1 fully saturated rings. The highest BCUT2D eigenvalue weighted by Crippen LogP contribution is 2.17. The van der Waals surface area contributed by atoms with Crippen LogP contribution in [0.2, 0.25) is 0 Å². The van der Waals surface area contributed by atoms with Gasteiger partial charge in [0.2, 0.25) is 0 Å². The van der Waals surface area contributed by atoms with E-state index in [2.05, 4.69) is 29.2 Å². The van der Waals surface area contributed by atoms with Crippen LogP contribution >= 0.6 is 0 Å². The Morgan fingerprint density at radius 1 is 1.28 bits per heavy atom. The van der Waals surface area contributed by atoms with Crippen LogP contribution in [0, 0.1) is 0 Å². The van der Waals surface area contributed by atoms with Crippen molar-refractivity contribution in [1.82, 2.24) is 4.90 Å². The number of rotatable bonds is 7. The average molecular weight is 249 g/mol. The number of nitrogens with zero attached hydrogens (tertiary/aromatic N) is 1. The number of methoxy groups -OCH3 is 1. The quantitative estimate of drug-likeness (QED) is 0.740. The summed E-state index contributed by atoms with van der Waals surface area (Å²) in [5.41, 5.74) is 1.25. The topological polar surface area (TPSA) is 21.7 Å². The molecular weight excluding hydrogens is 226 g/mol. The van der Waals surface area contributed by atoms with E-state index >= 15 is 0 Å². The van der Waals surface area contributed by atoms with Crippen LogP contribution in [0.4, 0.5) is 0 Å². The van der Waals surface area contributed by atoms with E-state index in [-0.39, 0.29) is 0 Å². The van der Waals surface area contributed by atoms with E-state index in [1.54, 1.807) is 7.11 Å². The molecule has 1 atom stereocenters. The van der Waals surface area contributed by atoms with Gasteiger partial charge >= 0.3 is 0 Å². The normalized spacial score (nSPS) is 20.4. The number of hydrogen-bond donors (Lipinski definition) is 0. The monoisotopic (exact) mass is 249 g/mol. The van der Waals surface area contributed by atoms with Crippen LogP contribution in [0.1, 0.15) is 18.4 Å². The van der Waals surface area contributed by atoms with Crippen LogP contribution in [0.5, 0.6) is 0 Å². The molecule has 100 valence electrons. The van der Waals surface area contributed by atoms with Gasteiger partial charge < -0.3 is 9.47 Å². The fraction of sp³-hybridized carbons (Fsp3) is 0.600. The predicted molar refractivity (Wildman–Crippen MR) is 72.6 cm³/mol. The number of benzene rings is 1. The second-order valence-electron chi connectivity index (χ2n) is 4.83. The molecule has 0 aromatic heterocycles.